The van der Waals surface area contributed by atoms with Crippen molar-refractivity contribution < 1.29 is 43.6 Å². The average Bonchev–Trinajstić information content (AvgIpc) is 3.07. The standard InChI is InChI=1S/C23H19Cl2NO5.C14H14Cl2O4/c24-18-10-15(12-21(28)29)11-19(25)22(18)31-16-6-7-20(27)17(13-16)23(30)26-9-8-14-4-2-1-3-5-14;1-4-12(17)9-5-10(15)13(11(16)6-9)20-14(18)19-7-8(2)3/h1-7,10-11,13,27H,8-9,12H2,(H,26,30)(H,28,29);4-6,8H,1,7H2,2-3H3. The van der Waals surface area contributed by atoms with Crippen molar-refractivity contribution in [3.63, 3.8) is 0 Å². The summed E-state index contributed by atoms with van der Waals surface area (Å²) in [6, 6.07) is 19.5. The second kappa shape index (κ2) is 19.6. The first-order valence-electron chi connectivity index (χ1n) is 15.2. The number of ketones is 1. The largest absolute Gasteiger partial charge is 0.513 e. The first kappa shape index (κ1) is 40.7. The molecule has 0 aromatic heterocycles. The molecule has 51 heavy (non-hydrogen) atoms. The molecular weight excluding hydrogens is 744 g/mol. The van der Waals surface area contributed by atoms with Crippen LogP contribution in [0, 0.1) is 5.92 Å². The fourth-order valence-corrected chi connectivity index (χ4v) is 5.36. The Morgan fingerprint density at radius 1 is 0.843 bits per heavy atom. The molecule has 0 heterocycles. The van der Waals surface area contributed by atoms with Crippen molar-refractivity contribution in [3.8, 4) is 23.0 Å². The molecule has 0 unspecified atom stereocenters. The Morgan fingerprint density at radius 3 is 2.02 bits per heavy atom. The molecule has 0 radical (unpaired) electrons. The number of ether oxygens (including phenoxy) is 3. The molecule has 0 aliphatic carbocycles. The van der Waals surface area contributed by atoms with E-state index in [0.717, 1.165) is 11.6 Å². The van der Waals surface area contributed by atoms with E-state index >= 15 is 0 Å². The van der Waals surface area contributed by atoms with E-state index in [9.17, 15) is 24.3 Å². The molecule has 0 bridgehead atoms. The van der Waals surface area contributed by atoms with Gasteiger partial charge in [-0.15, -0.1) is 0 Å². The molecule has 0 saturated heterocycles. The van der Waals surface area contributed by atoms with Gasteiger partial charge in [-0.1, -0.05) is 97.2 Å². The molecule has 268 valence electrons. The summed E-state index contributed by atoms with van der Waals surface area (Å²) in [6.45, 7) is 7.77. The predicted octanol–water partition coefficient (Wildman–Crippen LogP) is 9.62. The molecule has 14 heteroatoms. The van der Waals surface area contributed by atoms with Crippen molar-refractivity contribution in [2.45, 2.75) is 26.7 Å². The molecule has 0 spiro atoms. The maximum atomic E-state index is 12.5. The Balaban J connectivity index is 0.000000304. The zero-order valence-electron chi connectivity index (χ0n) is 27.4. The summed E-state index contributed by atoms with van der Waals surface area (Å²) in [6.07, 6.45) is 0.661. The topological polar surface area (TPSA) is 148 Å². The lowest BCUT2D eigenvalue weighted by molar-refractivity contribution is -0.136. The average molecular weight is 777 g/mol. The van der Waals surface area contributed by atoms with Crippen LogP contribution in [-0.4, -0.2) is 47.2 Å². The van der Waals surface area contributed by atoms with Gasteiger partial charge in [0.2, 0.25) is 0 Å². The molecule has 0 aliphatic rings. The number of carbonyl (C=O) groups excluding carboxylic acids is 3. The molecule has 4 aromatic rings. The number of hydrogen-bond donors (Lipinski definition) is 3. The number of nitrogens with one attached hydrogen (secondary N) is 1. The van der Waals surface area contributed by atoms with Crippen LogP contribution in [0.1, 0.15) is 45.7 Å². The Labute approximate surface area is 314 Å². The first-order chi connectivity index (χ1) is 24.2. The second-order valence-electron chi connectivity index (χ2n) is 11.1. The molecule has 1 amide bonds. The number of phenols is 1. The van der Waals surface area contributed by atoms with Crippen molar-refractivity contribution >= 4 is 70.2 Å². The summed E-state index contributed by atoms with van der Waals surface area (Å²) in [5.74, 6) is -1.49. The fraction of sp³-hybridized carbons (Fsp3) is 0.189. The number of carboxylic acids is 1. The highest BCUT2D eigenvalue weighted by Crippen LogP contribution is 2.39. The molecule has 0 saturated carbocycles. The Bertz CT molecular complexity index is 1850. The molecule has 4 aromatic carbocycles. The van der Waals surface area contributed by atoms with Gasteiger partial charge in [0.1, 0.15) is 11.5 Å². The van der Waals surface area contributed by atoms with Crippen molar-refractivity contribution in [1.29, 1.82) is 0 Å². The molecule has 4 rings (SSSR count). The summed E-state index contributed by atoms with van der Waals surface area (Å²) in [5, 5.41) is 22.1. The van der Waals surface area contributed by atoms with Crippen LogP contribution in [0.4, 0.5) is 4.79 Å². The minimum Gasteiger partial charge on any atom is -0.507 e. The van der Waals surface area contributed by atoms with Gasteiger partial charge in [-0.25, -0.2) is 4.79 Å². The van der Waals surface area contributed by atoms with Gasteiger partial charge in [0.05, 0.1) is 38.7 Å². The number of aromatic hydroxyl groups is 1. The SMILES string of the molecule is C=CC(=O)c1cc(Cl)c(OC(=O)OCC(C)C)c(Cl)c1.O=C(O)Cc1cc(Cl)c(Oc2ccc(O)c(C(=O)NCCc3ccccc3)c2)c(Cl)c1. The number of hydrogen-bond acceptors (Lipinski definition) is 8. The maximum absolute atomic E-state index is 12.5. The van der Waals surface area contributed by atoms with Gasteiger partial charge in [-0.3, -0.25) is 14.4 Å². The number of aliphatic carboxylic acids is 1. The van der Waals surface area contributed by atoms with E-state index in [2.05, 4.69) is 11.9 Å². The van der Waals surface area contributed by atoms with Gasteiger partial charge < -0.3 is 29.7 Å². The Hall–Kier alpha value is -4.74. The first-order valence-corrected chi connectivity index (χ1v) is 16.7. The lowest BCUT2D eigenvalue weighted by Crippen LogP contribution is -2.25. The van der Waals surface area contributed by atoms with Gasteiger partial charge in [0, 0.05) is 12.1 Å². The van der Waals surface area contributed by atoms with Crippen LogP contribution in [0.5, 0.6) is 23.0 Å². The highest BCUT2D eigenvalue weighted by molar-refractivity contribution is 6.38. The van der Waals surface area contributed by atoms with Crippen LogP contribution in [0.3, 0.4) is 0 Å². The predicted molar refractivity (Wildman–Crippen MR) is 196 cm³/mol. The summed E-state index contributed by atoms with van der Waals surface area (Å²) in [4.78, 5) is 46.3. The van der Waals surface area contributed by atoms with Crippen molar-refractivity contribution in [2.75, 3.05) is 13.2 Å². The second-order valence-corrected chi connectivity index (χ2v) is 12.8. The lowest BCUT2D eigenvalue weighted by Gasteiger charge is -2.13. The quantitative estimate of drug-likeness (QED) is 0.0522. The van der Waals surface area contributed by atoms with Gasteiger partial charge in [0.25, 0.3) is 5.91 Å². The van der Waals surface area contributed by atoms with E-state index in [-0.39, 0.29) is 78.9 Å². The number of carboxylic acid groups (broad SMARTS) is 1. The molecule has 0 aliphatic heterocycles. The zero-order valence-corrected chi connectivity index (χ0v) is 30.4. The number of benzene rings is 4. The third-order valence-electron chi connectivity index (χ3n) is 6.58. The van der Waals surface area contributed by atoms with E-state index in [0.29, 0.717) is 18.5 Å². The number of rotatable bonds is 13. The summed E-state index contributed by atoms with van der Waals surface area (Å²) in [5.41, 5.74) is 1.82. The van der Waals surface area contributed by atoms with E-state index in [4.69, 9.17) is 65.7 Å². The molecular formula is C37H33Cl4NO9. The highest BCUT2D eigenvalue weighted by Gasteiger charge is 2.18. The number of phenolic OH excluding ortho intramolecular Hbond substituents is 1. The minimum absolute atomic E-state index is 0.0392. The minimum atomic E-state index is -1.01. The van der Waals surface area contributed by atoms with Gasteiger partial charge in [-0.2, -0.15) is 0 Å². The Kier molecular flexibility index (Phi) is 15.6. The summed E-state index contributed by atoms with van der Waals surface area (Å²) in [7, 11) is 0. The highest BCUT2D eigenvalue weighted by atomic mass is 35.5. The monoisotopic (exact) mass is 775 g/mol. The van der Waals surface area contributed by atoms with E-state index in [1.807, 2.05) is 44.2 Å². The number of carbonyl (C=O) groups is 4. The third kappa shape index (κ3) is 12.8. The van der Waals surface area contributed by atoms with Crippen LogP contribution in [0.15, 0.2) is 85.5 Å². The molecule has 3 N–H and O–H groups in total. The van der Waals surface area contributed by atoms with Crippen LogP contribution in [0.2, 0.25) is 20.1 Å². The third-order valence-corrected chi connectivity index (χ3v) is 7.70. The molecule has 0 fully saturated rings. The van der Waals surface area contributed by atoms with Gasteiger partial charge >= 0.3 is 12.1 Å². The smallest absolute Gasteiger partial charge is 0.507 e. The Morgan fingerprint density at radius 2 is 1.45 bits per heavy atom. The van der Waals surface area contributed by atoms with Crippen LogP contribution in [-0.2, 0) is 22.4 Å². The molecule has 10 nitrogen and oxygen atoms in total. The summed E-state index contributed by atoms with van der Waals surface area (Å²) < 4.78 is 15.5. The maximum Gasteiger partial charge on any atom is 0.513 e. The van der Waals surface area contributed by atoms with Gasteiger partial charge in [0.15, 0.2) is 17.3 Å². The summed E-state index contributed by atoms with van der Waals surface area (Å²) >= 11 is 24.3. The molecule has 0 atom stereocenters. The zero-order chi connectivity index (χ0) is 37.7. The van der Waals surface area contributed by atoms with E-state index in [1.54, 1.807) is 0 Å². The van der Waals surface area contributed by atoms with Crippen LogP contribution in [0.25, 0.3) is 0 Å². The number of allylic oxidation sites excluding steroid dienone is 1. The van der Waals surface area contributed by atoms with Crippen molar-refractivity contribution in [1.82, 2.24) is 5.32 Å². The number of halogens is 4. The number of amides is 1. The van der Waals surface area contributed by atoms with Gasteiger partial charge in [-0.05, 0) is 72.0 Å². The van der Waals surface area contributed by atoms with Crippen LogP contribution < -0.4 is 14.8 Å². The fourth-order valence-electron chi connectivity index (χ4n) is 4.19. The lowest BCUT2D eigenvalue weighted by atomic mass is 10.1. The van der Waals surface area contributed by atoms with Crippen molar-refractivity contribution in [2.24, 2.45) is 5.92 Å². The van der Waals surface area contributed by atoms with Crippen molar-refractivity contribution in [3.05, 3.63) is 128 Å². The van der Waals surface area contributed by atoms with E-state index in [1.165, 1.54) is 42.5 Å². The normalized spacial score (nSPS) is 10.4. The van der Waals surface area contributed by atoms with Crippen LogP contribution >= 0.6 is 46.4 Å². The van der Waals surface area contributed by atoms with E-state index < -0.39 is 18.0 Å².